The molecule has 0 heterocycles. The molecule has 4 aromatic rings. The van der Waals surface area contributed by atoms with E-state index in [2.05, 4.69) is 0 Å². The zero-order valence-electron chi connectivity index (χ0n) is 18.4. The summed E-state index contributed by atoms with van der Waals surface area (Å²) in [4.78, 5) is 0. The van der Waals surface area contributed by atoms with Crippen LogP contribution in [0.25, 0.3) is 39.2 Å². The first-order valence-electron chi connectivity index (χ1n) is 10.6. The Balaban J connectivity index is 1.58. The molecule has 0 radical (unpaired) electrons. The van der Waals surface area contributed by atoms with E-state index in [0.717, 1.165) is 18.2 Å². The van der Waals surface area contributed by atoms with Crippen molar-refractivity contribution in [2.75, 3.05) is 0 Å². The van der Waals surface area contributed by atoms with E-state index < -0.39 is 34.9 Å². The molecule has 0 N–H and O–H groups in total. The Labute approximate surface area is 198 Å². The predicted octanol–water partition coefficient (Wildman–Crippen LogP) is 9.43. The molecule has 0 aliphatic carbocycles. The monoisotopic (exact) mass is 480 g/mol. The maximum atomic E-state index is 14.9. The standard InChI is InChI=1S/C29H18F6/c1-2-3-24(30)28(34)20-10-6-17(7-11-20)21-12-13-23(25(31)14-21)19-8-4-18(5-9-19)22-15-26(32)29(35)27(33)16-22/h2-16H,1H3/b3-2+,28-24+. The smallest absolute Gasteiger partial charge is 0.194 e. The Morgan fingerprint density at radius 2 is 1.06 bits per heavy atom. The van der Waals surface area contributed by atoms with Gasteiger partial charge in [-0.25, -0.2) is 26.3 Å². The van der Waals surface area contributed by atoms with Crippen LogP contribution in [0.4, 0.5) is 26.3 Å². The quantitative estimate of drug-likeness (QED) is 0.152. The third-order valence-corrected chi connectivity index (χ3v) is 5.48. The van der Waals surface area contributed by atoms with Gasteiger partial charge in [0.15, 0.2) is 29.1 Å². The zero-order chi connectivity index (χ0) is 25.1. The highest BCUT2D eigenvalue weighted by Gasteiger charge is 2.13. The molecule has 0 saturated heterocycles. The fraction of sp³-hybridized carbons (Fsp3) is 0.0345. The van der Waals surface area contributed by atoms with Gasteiger partial charge in [-0.1, -0.05) is 66.7 Å². The van der Waals surface area contributed by atoms with E-state index in [1.165, 1.54) is 24.3 Å². The van der Waals surface area contributed by atoms with Crippen molar-refractivity contribution in [3.05, 3.63) is 126 Å². The number of benzene rings is 4. The number of rotatable bonds is 5. The van der Waals surface area contributed by atoms with Gasteiger partial charge in [0.25, 0.3) is 0 Å². The Hall–Kier alpha value is -4.06. The van der Waals surface area contributed by atoms with Crippen LogP contribution < -0.4 is 0 Å². The first-order chi connectivity index (χ1) is 16.8. The molecule has 0 saturated carbocycles. The van der Waals surface area contributed by atoms with Crippen molar-refractivity contribution in [3.63, 3.8) is 0 Å². The Bertz CT molecular complexity index is 1410. The van der Waals surface area contributed by atoms with Crippen LogP contribution in [-0.4, -0.2) is 0 Å². The van der Waals surface area contributed by atoms with Gasteiger partial charge in [0.2, 0.25) is 0 Å². The van der Waals surface area contributed by atoms with E-state index in [0.29, 0.717) is 27.8 Å². The molecule has 0 aliphatic rings. The highest BCUT2D eigenvalue weighted by Crippen LogP contribution is 2.32. The predicted molar refractivity (Wildman–Crippen MR) is 127 cm³/mol. The van der Waals surface area contributed by atoms with E-state index in [9.17, 15) is 26.3 Å². The number of hydrogen-bond acceptors (Lipinski definition) is 0. The second-order valence-electron chi connectivity index (χ2n) is 7.77. The van der Waals surface area contributed by atoms with E-state index in [4.69, 9.17) is 0 Å². The first kappa shape index (κ1) is 24.1. The van der Waals surface area contributed by atoms with Crippen molar-refractivity contribution in [2.45, 2.75) is 6.92 Å². The molecule has 0 nitrogen and oxygen atoms in total. The van der Waals surface area contributed by atoms with Gasteiger partial charge in [0.1, 0.15) is 5.82 Å². The zero-order valence-corrected chi connectivity index (χ0v) is 18.4. The Kier molecular flexibility index (Phi) is 6.92. The van der Waals surface area contributed by atoms with E-state index in [1.54, 1.807) is 55.5 Å². The molecule has 0 aromatic heterocycles. The summed E-state index contributed by atoms with van der Waals surface area (Å²) in [5.74, 6) is -6.59. The van der Waals surface area contributed by atoms with Crippen molar-refractivity contribution >= 4 is 5.83 Å². The average molecular weight is 480 g/mol. The SMILES string of the molecule is C/C=C/C(F)=C(\F)c1ccc(-c2ccc(-c3ccc(-c4cc(F)c(F)c(F)c4)cc3)c(F)c2)cc1. The fourth-order valence-corrected chi connectivity index (χ4v) is 3.66. The van der Waals surface area contributed by atoms with Gasteiger partial charge in [-0.15, -0.1) is 0 Å². The van der Waals surface area contributed by atoms with E-state index >= 15 is 0 Å². The van der Waals surface area contributed by atoms with Gasteiger partial charge in [-0.2, -0.15) is 0 Å². The fourth-order valence-electron chi connectivity index (χ4n) is 3.66. The molecule has 4 rings (SSSR count). The van der Waals surface area contributed by atoms with Gasteiger partial charge in [-0.3, -0.25) is 0 Å². The van der Waals surface area contributed by atoms with Gasteiger partial charge < -0.3 is 0 Å². The lowest BCUT2D eigenvalue weighted by Gasteiger charge is -2.09. The molecule has 6 heteroatoms. The van der Waals surface area contributed by atoms with Crippen molar-refractivity contribution in [3.8, 4) is 33.4 Å². The van der Waals surface area contributed by atoms with Crippen molar-refractivity contribution in [1.29, 1.82) is 0 Å². The maximum Gasteiger partial charge on any atom is 0.194 e. The topological polar surface area (TPSA) is 0 Å². The summed E-state index contributed by atoms with van der Waals surface area (Å²) >= 11 is 0. The minimum absolute atomic E-state index is 0.0717. The second kappa shape index (κ2) is 10.1. The molecule has 0 unspecified atom stereocenters. The third-order valence-electron chi connectivity index (χ3n) is 5.48. The molecular formula is C29H18F6. The highest BCUT2D eigenvalue weighted by atomic mass is 19.2. The lowest BCUT2D eigenvalue weighted by atomic mass is 9.97. The maximum absolute atomic E-state index is 14.9. The summed E-state index contributed by atoms with van der Waals surface area (Å²) in [7, 11) is 0. The van der Waals surface area contributed by atoms with Crippen LogP contribution in [0.1, 0.15) is 12.5 Å². The molecule has 176 valence electrons. The lowest BCUT2D eigenvalue weighted by molar-refractivity contribution is 0.448. The lowest BCUT2D eigenvalue weighted by Crippen LogP contribution is -1.92. The van der Waals surface area contributed by atoms with Crippen molar-refractivity contribution < 1.29 is 26.3 Å². The van der Waals surface area contributed by atoms with Gasteiger partial charge in [0.05, 0.1) is 0 Å². The molecular weight excluding hydrogens is 462 g/mol. The summed E-state index contributed by atoms with van der Waals surface area (Å²) in [5.41, 5.74) is 2.67. The molecule has 0 amide bonds. The van der Waals surface area contributed by atoms with Crippen LogP contribution >= 0.6 is 0 Å². The van der Waals surface area contributed by atoms with Gasteiger partial charge in [0, 0.05) is 11.1 Å². The normalized spacial score (nSPS) is 12.2. The largest absolute Gasteiger partial charge is 0.206 e. The van der Waals surface area contributed by atoms with Crippen LogP contribution in [0, 0.1) is 23.3 Å². The van der Waals surface area contributed by atoms with Crippen LogP contribution in [-0.2, 0) is 0 Å². The average Bonchev–Trinajstić information content (AvgIpc) is 2.87. The Morgan fingerprint density at radius 1 is 0.571 bits per heavy atom. The number of allylic oxidation sites excluding steroid dienone is 3. The molecule has 0 aliphatic heterocycles. The highest BCUT2D eigenvalue weighted by molar-refractivity contribution is 5.75. The third kappa shape index (κ3) is 5.06. The molecule has 0 spiro atoms. The summed E-state index contributed by atoms with van der Waals surface area (Å²) in [6.45, 7) is 1.58. The van der Waals surface area contributed by atoms with Crippen LogP contribution in [0.3, 0.4) is 0 Å². The molecule has 4 aromatic carbocycles. The molecule has 0 bridgehead atoms. The second-order valence-corrected chi connectivity index (χ2v) is 7.77. The molecule has 0 fully saturated rings. The van der Waals surface area contributed by atoms with Crippen LogP contribution in [0.5, 0.6) is 0 Å². The van der Waals surface area contributed by atoms with Crippen molar-refractivity contribution in [2.24, 2.45) is 0 Å². The van der Waals surface area contributed by atoms with E-state index in [1.807, 2.05) is 0 Å². The molecule has 35 heavy (non-hydrogen) atoms. The van der Waals surface area contributed by atoms with E-state index in [-0.39, 0.29) is 11.1 Å². The summed E-state index contributed by atoms with van der Waals surface area (Å²) in [6, 6.07) is 18.7. The summed E-state index contributed by atoms with van der Waals surface area (Å²) < 4.78 is 82.9. The Morgan fingerprint density at radius 3 is 1.63 bits per heavy atom. The van der Waals surface area contributed by atoms with Crippen LogP contribution in [0.15, 0.2) is 96.8 Å². The number of halogens is 6. The van der Waals surface area contributed by atoms with Gasteiger partial charge >= 0.3 is 0 Å². The summed E-state index contributed by atoms with van der Waals surface area (Å²) in [5, 5.41) is 0. The summed E-state index contributed by atoms with van der Waals surface area (Å²) in [6.07, 6.45) is 2.42. The van der Waals surface area contributed by atoms with Gasteiger partial charge in [-0.05, 0) is 59.0 Å². The van der Waals surface area contributed by atoms with Crippen molar-refractivity contribution in [1.82, 2.24) is 0 Å². The number of hydrogen-bond donors (Lipinski definition) is 0. The van der Waals surface area contributed by atoms with Crippen LogP contribution in [0.2, 0.25) is 0 Å². The minimum atomic E-state index is -1.54. The minimum Gasteiger partial charge on any atom is -0.206 e. The first-order valence-corrected chi connectivity index (χ1v) is 10.6. The molecule has 0 atom stereocenters.